The van der Waals surface area contributed by atoms with Crippen molar-refractivity contribution in [2.45, 2.75) is 19.9 Å². The third-order valence-corrected chi connectivity index (χ3v) is 3.64. The lowest BCUT2D eigenvalue weighted by molar-refractivity contribution is 0.0988. The molecule has 1 aromatic carbocycles. The fourth-order valence-corrected chi connectivity index (χ4v) is 2.14. The molecule has 0 aliphatic heterocycles. The van der Waals surface area contributed by atoms with Crippen molar-refractivity contribution in [2.24, 2.45) is 0 Å². The van der Waals surface area contributed by atoms with Crippen molar-refractivity contribution in [2.75, 3.05) is 7.11 Å². The molecule has 0 radical (unpaired) electrons. The summed E-state index contributed by atoms with van der Waals surface area (Å²) in [6.07, 6.45) is 3.88. The van der Waals surface area contributed by atoms with E-state index >= 15 is 0 Å². The molecule has 5 heteroatoms. The van der Waals surface area contributed by atoms with E-state index in [1.165, 1.54) is 0 Å². The average Bonchev–Trinajstić information content (AvgIpc) is 2.89. The molecular formula is C14H15BrN2O2. The fourth-order valence-electron chi connectivity index (χ4n) is 1.77. The number of hydrogen-bond acceptors (Lipinski definition) is 3. The van der Waals surface area contributed by atoms with Crippen LogP contribution in [-0.2, 0) is 6.54 Å². The van der Waals surface area contributed by atoms with Crippen molar-refractivity contribution in [3.8, 4) is 5.75 Å². The summed E-state index contributed by atoms with van der Waals surface area (Å²) >= 11 is 3.50. The van der Waals surface area contributed by atoms with Gasteiger partial charge in [-0.2, -0.15) is 5.10 Å². The second-order valence-electron chi connectivity index (χ2n) is 4.16. The molecule has 4 nitrogen and oxygen atoms in total. The first kappa shape index (κ1) is 13.8. The van der Waals surface area contributed by atoms with Gasteiger partial charge in [0.1, 0.15) is 5.75 Å². The molecule has 1 heterocycles. The van der Waals surface area contributed by atoms with Crippen molar-refractivity contribution in [3.05, 3.63) is 46.2 Å². The largest absolute Gasteiger partial charge is 0.497 e. The molecule has 0 saturated carbocycles. The van der Waals surface area contributed by atoms with Crippen LogP contribution in [0.1, 0.15) is 29.3 Å². The predicted octanol–water partition coefficient (Wildman–Crippen LogP) is 3.30. The Morgan fingerprint density at radius 1 is 1.47 bits per heavy atom. The van der Waals surface area contributed by atoms with Crippen LogP contribution in [-0.4, -0.2) is 22.7 Å². The van der Waals surface area contributed by atoms with E-state index < -0.39 is 0 Å². The minimum absolute atomic E-state index is 0.107. The molecule has 0 spiro atoms. The van der Waals surface area contributed by atoms with Crippen LogP contribution in [0, 0.1) is 0 Å². The van der Waals surface area contributed by atoms with E-state index in [1.54, 1.807) is 24.2 Å². The quantitative estimate of drug-likeness (QED) is 0.793. The molecule has 0 fully saturated rings. The lowest BCUT2D eigenvalue weighted by Gasteiger charge is -2.07. The standard InChI is InChI=1S/C14H15BrN2O2/c1-3-14(18)11-7-16-17(9-11)8-10-6-12(19-2)4-5-13(10)15/h4-7,9H,3,8H2,1-2H3. The van der Waals surface area contributed by atoms with Gasteiger partial charge in [-0.3, -0.25) is 9.48 Å². The summed E-state index contributed by atoms with van der Waals surface area (Å²) in [5.41, 5.74) is 1.71. The van der Waals surface area contributed by atoms with E-state index in [-0.39, 0.29) is 5.78 Å². The topological polar surface area (TPSA) is 44.1 Å². The number of hydrogen-bond donors (Lipinski definition) is 0. The van der Waals surface area contributed by atoms with Crippen molar-refractivity contribution >= 4 is 21.7 Å². The zero-order valence-corrected chi connectivity index (χ0v) is 12.5. The zero-order valence-electron chi connectivity index (χ0n) is 10.9. The molecule has 100 valence electrons. The van der Waals surface area contributed by atoms with Gasteiger partial charge in [0, 0.05) is 17.1 Å². The summed E-state index contributed by atoms with van der Waals surface area (Å²) in [6.45, 7) is 2.44. The summed E-state index contributed by atoms with van der Waals surface area (Å²) in [5, 5.41) is 4.21. The van der Waals surface area contributed by atoms with Gasteiger partial charge in [-0.1, -0.05) is 22.9 Å². The van der Waals surface area contributed by atoms with Gasteiger partial charge in [-0.15, -0.1) is 0 Å². The Kier molecular flexibility index (Phi) is 4.37. The van der Waals surface area contributed by atoms with Crippen molar-refractivity contribution in [1.29, 1.82) is 0 Å². The van der Waals surface area contributed by atoms with Crippen molar-refractivity contribution in [3.63, 3.8) is 0 Å². The van der Waals surface area contributed by atoms with E-state index in [4.69, 9.17) is 4.74 Å². The highest BCUT2D eigenvalue weighted by Crippen LogP contribution is 2.23. The molecule has 0 amide bonds. The molecule has 2 aromatic rings. The lowest BCUT2D eigenvalue weighted by Crippen LogP contribution is -2.01. The highest BCUT2D eigenvalue weighted by Gasteiger charge is 2.08. The molecule has 0 bridgehead atoms. The van der Waals surface area contributed by atoms with E-state index in [0.29, 0.717) is 18.5 Å². The first-order chi connectivity index (χ1) is 9.13. The summed E-state index contributed by atoms with van der Waals surface area (Å²) in [5.74, 6) is 0.908. The SMILES string of the molecule is CCC(=O)c1cnn(Cc2cc(OC)ccc2Br)c1. The molecule has 1 aromatic heterocycles. The number of carbonyl (C=O) groups is 1. The zero-order chi connectivity index (χ0) is 13.8. The number of methoxy groups -OCH3 is 1. The fraction of sp³-hybridized carbons (Fsp3) is 0.286. The molecule has 0 atom stereocenters. The Morgan fingerprint density at radius 2 is 2.26 bits per heavy atom. The lowest BCUT2D eigenvalue weighted by atomic mass is 10.2. The number of Topliss-reactive ketones (excluding diaryl/α,β-unsaturated/α-hetero) is 1. The molecule has 0 aliphatic carbocycles. The van der Waals surface area contributed by atoms with Crippen LogP contribution in [0.2, 0.25) is 0 Å². The number of carbonyl (C=O) groups excluding carboxylic acids is 1. The number of benzene rings is 1. The molecule has 19 heavy (non-hydrogen) atoms. The average molecular weight is 323 g/mol. The van der Waals surface area contributed by atoms with Crippen LogP contribution in [0.15, 0.2) is 35.1 Å². The number of ketones is 1. The van der Waals surface area contributed by atoms with Gasteiger partial charge in [-0.05, 0) is 23.8 Å². The van der Waals surface area contributed by atoms with Crippen LogP contribution < -0.4 is 4.74 Å². The summed E-state index contributed by atoms with van der Waals surface area (Å²) in [6, 6.07) is 5.78. The number of aromatic nitrogens is 2. The first-order valence-electron chi connectivity index (χ1n) is 6.02. The highest BCUT2D eigenvalue weighted by molar-refractivity contribution is 9.10. The summed E-state index contributed by atoms with van der Waals surface area (Å²) < 4.78 is 7.95. The normalized spacial score (nSPS) is 10.5. The van der Waals surface area contributed by atoms with Gasteiger partial charge in [0.2, 0.25) is 0 Å². The molecule has 2 rings (SSSR count). The number of nitrogens with zero attached hydrogens (tertiary/aromatic N) is 2. The van der Waals surface area contributed by atoms with Crippen molar-refractivity contribution in [1.82, 2.24) is 9.78 Å². The van der Waals surface area contributed by atoms with Gasteiger partial charge < -0.3 is 4.74 Å². The van der Waals surface area contributed by atoms with Gasteiger partial charge in [-0.25, -0.2) is 0 Å². The second-order valence-corrected chi connectivity index (χ2v) is 5.01. The third-order valence-electron chi connectivity index (χ3n) is 2.86. The third kappa shape index (κ3) is 3.23. The Morgan fingerprint density at radius 3 is 2.95 bits per heavy atom. The smallest absolute Gasteiger partial charge is 0.165 e. The number of halogens is 1. The minimum atomic E-state index is 0.107. The first-order valence-corrected chi connectivity index (χ1v) is 6.81. The summed E-state index contributed by atoms with van der Waals surface area (Å²) in [7, 11) is 1.64. The van der Waals surface area contributed by atoms with Gasteiger partial charge in [0.25, 0.3) is 0 Å². The maximum absolute atomic E-state index is 11.6. The maximum Gasteiger partial charge on any atom is 0.165 e. The van der Waals surface area contributed by atoms with Crippen LogP contribution in [0.4, 0.5) is 0 Å². The van der Waals surface area contributed by atoms with Gasteiger partial charge in [0.05, 0.1) is 25.4 Å². The van der Waals surface area contributed by atoms with Gasteiger partial charge >= 0.3 is 0 Å². The van der Waals surface area contributed by atoms with Crippen LogP contribution in [0.5, 0.6) is 5.75 Å². The monoisotopic (exact) mass is 322 g/mol. The van der Waals surface area contributed by atoms with E-state index in [1.807, 2.05) is 25.1 Å². The van der Waals surface area contributed by atoms with E-state index in [9.17, 15) is 4.79 Å². The Bertz CT molecular complexity index is 593. The highest BCUT2D eigenvalue weighted by atomic mass is 79.9. The molecule has 0 N–H and O–H groups in total. The van der Waals surface area contributed by atoms with Gasteiger partial charge in [0.15, 0.2) is 5.78 Å². The van der Waals surface area contributed by atoms with E-state index in [0.717, 1.165) is 15.8 Å². The Balaban J connectivity index is 2.21. The second kappa shape index (κ2) is 6.02. The number of ether oxygens (including phenoxy) is 1. The Labute approximate surface area is 120 Å². The predicted molar refractivity (Wildman–Crippen MR) is 76.6 cm³/mol. The Hall–Kier alpha value is -1.62. The van der Waals surface area contributed by atoms with Crippen LogP contribution in [0.3, 0.4) is 0 Å². The molecule has 0 aliphatic rings. The number of rotatable bonds is 5. The van der Waals surface area contributed by atoms with Crippen molar-refractivity contribution < 1.29 is 9.53 Å². The molecule has 0 saturated heterocycles. The molecular weight excluding hydrogens is 308 g/mol. The minimum Gasteiger partial charge on any atom is -0.497 e. The molecule has 0 unspecified atom stereocenters. The van der Waals surface area contributed by atoms with Crippen LogP contribution in [0.25, 0.3) is 0 Å². The maximum atomic E-state index is 11.6. The summed E-state index contributed by atoms with van der Waals surface area (Å²) in [4.78, 5) is 11.6. The van der Waals surface area contributed by atoms with Crippen LogP contribution >= 0.6 is 15.9 Å². The van der Waals surface area contributed by atoms with E-state index in [2.05, 4.69) is 21.0 Å².